The maximum Gasteiger partial charge on any atom is 0.335 e. The molecule has 1 aliphatic heterocycles. The standard InChI is InChI=1S/C15H17NO4/c17-13(18)10-3-5-11(6-4-10)16-14(19)15-7-1-2-12(15)20-9-8-15/h3-6,12H,1-2,7-9H2,(H,16,19)(H,17,18)/t12-,15+/m1/s1. The Morgan fingerprint density at radius 3 is 2.70 bits per heavy atom. The number of nitrogens with one attached hydrogen (secondary N) is 1. The van der Waals surface area contributed by atoms with Gasteiger partial charge in [0.1, 0.15) is 0 Å². The fraction of sp³-hybridized carbons (Fsp3) is 0.467. The van der Waals surface area contributed by atoms with Crippen LogP contribution in [0.2, 0.25) is 0 Å². The number of carboxylic acid groups (broad SMARTS) is 1. The SMILES string of the molecule is O=C(O)c1ccc(NC(=O)[C@]23CCC[C@H]2OCC3)cc1. The predicted molar refractivity (Wildman–Crippen MR) is 72.7 cm³/mol. The second kappa shape index (κ2) is 4.90. The number of carbonyl (C=O) groups excluding carboxylic acids is 1. The van der Waals surface area contributed by atoms with E-state index in [0.717, 1.165) is 25.7 Å². The van der Waals surface area contributed by atoms with E-state index in [1.54, 1.807) is 12.1 Å². The fourth-order valence-corrected chi connectivity index (χ4v) is 3.28. The van der Waals surface area contributed by atoms with Crippen LogP contribution in [0.25, 0.3) is 0 Å². The first-order chi connectivity index (χ1) is 9.62. The molecule has 1 aromatic rings. The Morgan fingerprint density at radius 1 is 1.25 bits per heavy atom. The van der Waals surface area contributed by atoms with Crippen molar-refractivity contribution >= 4 is 17.6 Å². The fourth-order valence-electron chi connectivity index (χ4n) is 3.28. The minimum Gasteiger partial charge on any atom is -0.478 e. The Hall–Kier alpha value is -1.88. The van der Waals surface area contributed by atoms with Crippen molar-refractivity contribution in [3.8, 4) is 0 Å². The van der Waals surface area contributed by atoms with Gasteiger partial charge in [-0.15, -0.1) is 0 Å². The van der Waals surface area contributed by atoms with Crippen molar-refractivity contribution in [2.75, 3.05) is 11.9 Å². The van der Waals surface area contributed by atoms with Crippen molar-refractivity contribution in [3.63, 3.8) is 0 Å². The molecule has 2 N–H and O–H groups in total. The van der Waals surface area contributed by atoms with E-state index in [9.17, 15) is 9.59 Å². The molecule has 3 rings (SSSR count). The molecular weight excluding hydrogens is 258 g/mol. The lowest BCUT2D eigenvalue weighted by molar-refractivity contribution is -0.127. The van der Waals surface area contributed by atoms with Crippen LogP contribution in [0.4, 0.5) is 5.69 Å². The zero-order chi connectivity index (χ0) is 14.2. The molecule has 0 radical (unpaired) electrons. The van der Waals surface area contributed by atoms with E-state index in [1.165, 1.54) is 12.1 Å². The van der Waals surface area contributed by atoms with Crippen LogP contribution < -0.4 is 5.32 Å². The molecule has 0 aromatic heterocycles. The minimum atomic E-state index is -0.971. The van der Waals surface area contributed by atoms with Crippen molar-refractivity contribution in [1.82, 2.24) is 0 Å². The third kappa shape index (κ3) is 2.08. The molecule has 1 aliphatic carbocycles. The van der Waals surface area contributed by atoms with Gasteiger partial charge in [0, 0.05) is 12.3 Å². The number of hydrogen-bond donors (Lipinski definition) is 2. The molecule has 0 spiro atoms. The Balaban J connectivity index is 1.74. The summed E-state index contributed by atoms with van der Waals surface area (Å²) in [4.78, 5) is 23.3. The Labute approximate surface area is 116 Å². The van der Waals surface area contributed by atoms with Crippen molar-refractivity contribution < 1.29 is 19.4 Å². The van der Waals surface area contributed by atoms with Gasteiger partial charge in [0.05, 0.1) is 17.1 Å². The lowest BCUT2D eigenvalue weighted by atomic mass is 9.82. The number of fused-ring (bicyclic) bond motifs is 1. The van der Waals surface area contributed by atoms with E-state index in [1.807, 2.05) is 0 Å². The molecule has 0 unspecified atom stereocenters. The number of carbonyl (C=O) groups is 2. The van der Waals surface area contributed by atoms with Crippen LogP contribution in [0, 0.1) is 5.41 Å². The zero-order valence-electron chi connectivity index (χ0n) is 11.1. The maximum absolute atomic E-state index is 12.5. The molecule has 0 bridgehead atoms. The molecule has 1 amide bonds. The summed E-state index contributed by atoms with van der Waals surface area (Å²) < 4.78 is 5.65. The molecule has 2 fully saturated rings. The van der Waals surface area contributed by atoms with Crippen LogP contribution in [0.3, 0.4) is 0 Å². The largest absolute Gasteiger partial charge is 0.478 e. The summed E-state index contributed by atoms with van der Waals surface area (Å²) in [5, 5.41) is 11.7. The summed E-state index contributed by atoms with van der Waals surface area (Å²) in [6.07, 6.45) is 3.66. The average molecular weight is 275 g/mol. The van der Waals surface area contributed by atoms with Gasteiger partial charge in [0.2, 0.25) is 5.91 Å². The second-order valence-electron chi connectivity index (χ2n) is 5.49. The molecule has 2 atom stereocenters. The highest BCUT2D eigenvalue weighted by Gasteiger charge is 2.52. The molecule has 1 heterocycles. The third-order valence-corrected chi connectivity index (χ3v) is 4.41. The summed E-state index contributed by atoms with van der Waals surface area (Å²) >= 11 is 0. The Morgan fingerprint density at radius 2 is 2.00 bits per heavy atom. The van der Waals surface area contributed by atoms with Crippen LogP contribution in [-0.2, 0) is 9.53 Å². The Kier molecular flexibility index (Phi) is 3.22. The minimum absolute atomic E-state index is 0.000532. The highest BCUT2D eigenvalue weighted by atomic mass is 16.5. The number of ether oxygens (including phenoxy) is 1. The van der Waals surface area contributed by atoms with Gasteiger partial charge in [-0.3, -0.25) is 4.79 Å². The van der Waals surface area contributed by atoms with Gasteiger partial charge in [-0.05, 0) is 49.9 Å². The van der Waals surface area contributed by atoms with Gasteiger partial charge in [-0.25, -0.2) is 4.79 Å². The Bertz CT molecular complexity index is 527. The van der Waals surface area contributed by atoms with E-state index in [2.05, 4.69) is 5.32 Å². The van der Waals surface area contributed by atoms with Crippen LogP contribution in [0.15, 0.2) is 24.3 Å². The predicted octanol–water partition coefficient (Wildman–Crippen LogP) is 2.28. The van der Waals surface area contributed by atoms with Gasteiger partial charge in [-0.1, -0.05) is 0 Å². The normalized spacial score (nSPS) is 28.1. The van der Waals surface area contributed by atoms with E-state index >= 15 is 0 Å². The lowest BCUT2D eigenvalue weighted by Gasteiger charge is -2.26. The first-order valence-corrected chi connectivity index (χ1v) is 6.88. The van der Waals surface area contributed by atoms with E-state index in [-0.39, 0.29) is 23.0 Å². The maximum atomic E-state index is 12.5. The van der Waals surface area contributed by atoms with Crippen molar-refractivity contribution in [2.45, 2.75) is 31.8 Å². The molecule has 20 heavy (non-hydrogen) atoms. The quantitative estimate of drug-likeness (QED) is 0.887. The summed E-state index contributed by atoms with van der Waals surface area (Å²) in [5.74, 6) is -0.970. The van der Waals surface area contributed by atoms with Crippen molar-refractivity contribution in [1.29, 1.82) is 0 Å². The lowest BCUT2D eigenvalue weighted by Crippen LogP contribution is -2.39. The number of anilines is 1. The number of rotatable bonds is 3. The molecule has 106 valence electrons. The van der Waals surface area contributed by atoms with Crippen LogP contribution in [0.1, 0.15) is 36.0 Å². The van der Waals surface area contributed by atoms with Crippen LogP contribution in [-0.4, -0.2) is 29.7 Å². The van der Waals surface area contributed by atoms with E-state index < -0.39 is 5.97 Å². The molecule has 5 heteroatoms. The summed E-state index contributed by atoms with van der Waals surface area (Å²) in [6, 6.07) is 6.23. The topological polar surface area (TPSA) is 75.6 Å². The van der Waals surface area contributed by atoms with Crippen molar-refractivity contribution in [2.24, 2.45) is 5.41 Å². The highest BCUT2D eigenvalue weighted by molar-refractivity contribution is 5.97. The van der Waals surface area contributed by atoms with Gasteiger partial charge < -0.3 is 15.2 Å². The highest BCUT2D eigenvalue weighted by Crippen LogP contribution is 2.48. The molecule has 5 nitrogen and oxygen atoms in total. The molecule has 1 saturated carbocycles. The third-order valence-electron chi connectivity index (χ3n) is 4.41. The molecule has 1 aromatic carbocycles. The summed E-state index contributed by atoms with van der Waals surface area (Å²) in [6.45, 7) is 0.649. The van der Waals surface area contributed by atoms with Crippen LogP contribution in [0.5, 0.6) is 0 Å². The van der Waals surface area contributed by atoms with Gasteiger partial charge in [-0.2, -0.15) is 0 Å². The monoisotopic (exact) mass is 275 g/mol. The first-order valence-electron chi connectivity index (χ1n) is 6.88. The number of carboxylic acids is 1. The smallest absolute Gasteiger partial charge is 0.335 e. The summed E-state index contributed by atoms with van der Waals surface area (Å²) in [5.41, 5.74) is 0.460. The number of hydrogen-bond acceptors (Lipinski definition) is 3. The van der Waals surface area contributed by atoms with Gasteiger partial charge in [0.15, 0.2) is 0 Å². The first kappa shape index (κ1) is 13.1. The van der Waals surface area contributed by atoms with Gasteiger partial charge in [0.25, 0.3) is 0 Å². The summed E-state index contributed by atoms with van der Waals surface area (Å²) in [7, 11) is 0. The van der Waals surface area contributed by atoms with Crippen molar-refractivity contribution in [3.05, 3.63) is 29.8 Å². The second-order valence-corrected chi connectivity index (χ2v) is 5.49. The zero-order valence-corrected chi connectivity index (χ0v) is 11.1. The van der Waals surface area contributed by atoms with E-state index in [0.29, 0.717) is 12.3 Å². The average Bonchev–Trinajstić information content (AvgIpc) is 2.99. The molecule has 2 aliphatic rings. The molecule has 1 saturated heterocycles. The number of benzene rings is 1. The number of amides is 1. The number of aromatic carboxylic acids is 1. The van der Waals surface area contributed by atoms with Gasteiger partial charge >= 0.3 is 5.97 Å². The van der Waals surface area contributed by atoms with Crippen LogP contribution >= 0.6 is 0 Å². The van der Waals surface area contributed by atoms with E-state index in [4.69, 9.17) is 9.84 Å². The molecular formula is C15H17NO4.